The molecule has 1 saturated heterocycles. The summed E-state index contributed by atoms with van der Waals surface area (Å²) in [6.45, 7) is 0.793. The van der Waals surface area contributed by atoms with E-state index in [0.717, 1.165) is 11.3 Å². The van der Waals surface area contributed by atoms with Crippen LogP contribution in [0.4, 0.5) is 0 Å². The summed E-state index contributed by atoms with van der Waals surface area (Å²) >= 11 is 0. The van der Waals surface area contributed by atoms with Crippen molar-refractivity contribution in [1.29, 1.82) is 0 Å². The molecule has 0 aliphatic carbocycles. The summed E-state index contributed by atoms with van der Waals surface area (Å²) in [6, 6.07) is 18.8. The summed E-state index contributed by atoms with van der Waals surface area (Å²) in [7, 11) is 1.52. The molecule has 1 aliphatic heterocycles. The normalized spacial score (nSPS) is 16.8. The molecule has 0 bridgehead atoms. The molecule has 7 heteroatoms. The number of nitrogens with zero attached hydrogens (tertiary/aromatic N) is 3. The van der Waals surface area contributed by atoms with Gasteiger partial charge in [0.1, 0.15) is 0 Å². The molecule has 1 fully saturated rings. The number of hydrogen-bond acceptors (Lipinski definition) is 4. The number of amides is 2. The van der Waals surface area contributed by atoms with E-state index in [0.29, 0.717) is 18.8 Å². The fourth-order valence-corrected chi connectivity index (χ4v) is 3.55. The predicted molar refractivity (Wildman–Crippen MR) is 108 cm³/mol. The molecule has 1 aromatic heterocycles. The molecule has 7 nitrogen and oxygen atoms in total. The van der Waals surface area contributed by atoms with Crippen LogP contribution in [0.5, 0.6) is 5.75 Å². The van der Waals surface area contributed by atoms with E-state index in [2.05, 4.69) is 10.4 Å². The number of aromatic nitrogens is 2. The second kappa shape index (κ2) is 8.18. The topological polar surface area (TPSA) is 76.5 Å². The molecule has 148 valence electrons. The first-order valence-corrected chi connectivity index (χ1v) is 9.49. The van der Waals surface area contributed by atoms with Crippen LogP contribution in [0.15, 0.2) is 66.9 Å². The fraction of sp³-hybridized carbons (Fsp3) is 0.227. The molecular weight excluding hydrogens is 368 g/mol. The Hall–Kier alpha value is -3.61. The van der Waals surface area contributed by atoms with Gasteiger partial charge < -0.3 is 15.0 Å². The van der Waals surface area contributed by atoms with Gasteiger partial charge in [-0.1, -0.05) is 48.5 Å². The third-order valence-corrected chi connectivity index (χ3v) is 5.00. The van der Waals surface area contributed by atoms with Crippen molar-refractivity contribution in [2.24, 2.45) is 0 Å². The number of para-hydroxylation sites is 1. The minimum Gasteiger partial charge on any atom is -0.493 e. The molecule has 0 radical (unpaired) electrons. The first-order chi connectivity index (χ1) is 14.2. The first-order valence-electron chi connectivity index (χ1n) is 9.49. The Bertz CT molecular complexity index is 1000. The number of ether oxygens (including phenoxy) is 1. The third kappa shape index (κ3) is 3.85. The molecule has 29 heavy (non-hydrogen) atoms. The van der Waals surface area contributed by atoms with Crippen LogP contribution in [0, 0.1) is 0 Å². The van der Waals surface area contributed by atoms with Gasteiger partial charge in [-0.2, -0.15) is 5.10 Å². The second-order valence-electron chi connectivity index (χ2n) is 6.81. The van der Waals surface area contributed by atoms with Gasteiger partial charge in [-0.25, -0.2) is 4.68 Å². The van der Waals surface area contributed by atoms with E-state index in [9.17, 15) is 9.59 Å². The smallest absolute Gasteiger partial charge is 0.278 e. The Kier molecular flexibility index (Phi) is 5.29. The molecule has 2 aromatic carbocycles. The Morgan fingerprint density at radius 2 is 1.79 bits per heavy atom. The average molecular weight is 390 g/mol. The minimum atomic E-state index is -0.363. The van der Waals surface area contributed by atoms with Gasteiger partial charge in [0.2, 0.25) is 5.91 Å². The summed E-state index contributed by atoms with van der Waals surface area (Å²) < 4.78 is 7.07. The van der Waals surface area contributed by atoms with E-state index in [1.54, 1.807) is 15.8 Å². The molecule has 3 aromatic rings. The van der Waals surface area contributed by atoms with Gasteiger partial charge in [0.25, 0.3) is 5.91 Å². The van der Waals surface area contributed by atoms with Crippen LogP contribution >= 0.6 is 0 Å². The second-order valence-corrected chi connectivity index (χ2v) is 6.81. The van der Waals surface area contributed by atoms with E-state index >= 15 is 0 Å². The number of benzene rings is 2. The molecule has 1 atom stereocenters. The fourth-order valence-electron chi connectivity index (χ4n) is 3.55. The molecule has 0 spiro atoms. The summed E-state index contributed by atoms with van der Waals surface area (Å²) in [4.78, 5) is 27.4. The van der Waals surface area contributed by atoms with Crippen LogP contribution in [0.25, 0.3) is 5.69 Å². The van der Waals surface area contributed by atoms with Gasteiger partial charge >= 0.3 is 0 Å². The van der Waals surface area contributed by atoms with E-state index < -0.39 is 0 Å². The maximum atomic E-state index is 13.5. The number of nitrogens with one attached hydrogen (secondary N) is 1. The molecular formula is C22H22N4O3. The summed E-state index contributed by atoms with van der Waals surface area (Å²) in [5.41, 5.74) is 1.98. The lowest BCUT2D eigenvalue weighted by molar-refractivity contribution is -0.121. The predicted octanol–water partition coefficient (Wildman–Crippen LogP) is 2.58. The lowest BCUT2D eigenvalue weighted by Crippen LogP contribution is -2.37. The summed E-state index contributed by atoms with van der Waals surface area (Å²) in [5.74, 6) is 0.0621. The highest BCUT2D eigenvalue weighted by atomic mass is 16.5. The van der Waals surface area contributed by atoms with Gasteiger partial charge in [-0.05, 0) is 17.7 Å². The van der Waals surface area contributed by atoms with Crippen molar-refractivity contribution in [3.05, 3.63) is 78.1 Å². The largest absolute Gasteiger partial charge is 0.493 e. The van der Waals surface area contributed by atoms with E-state index in [1.807, 2.05) is 60.7 Å². The van der Waals surface area contributed by atoms with Crippen LogP contribution in [0.3, 0.4) is 0 Å². The van der Waals surface area contributed by atoms with E-state index in [4.69, 9.17) is 4.74 Å². The van der Waals surface area contributed by atoms with E-state index in [-0.39, 0.29) is 30.0 Å². The van der Waals surface area contributed by atoms with Crippen molar-refractivity contribution in [3.8, 4) is 11.4 Å². The Morgan fingerprint density at radius 1 is 1.10 bits per heavy atom. The lowest BCUT2D eigenvalue weighted by Gasteiger charge is -2.29. The Morgan fingerprint density at radius 3 is 2.48 bits per heavy atom. The monoisotopic (exact) mass is 390 g/mol. The number of hydrogen-bond donors (Lipinski definition) is 1. The summed E-state index contributed by atoms with van der Waals surface area (Å²) in [5, 5.41) is 7.35. The van der Waals surface area contributed by atoms with Crippen LogP contribution < -0.4 is 10.1 Å². The molecule has 2 amide bonds. The van der Waals surface area contributed by atoms with E-state index in [1.165, 1.54) is 7.11 Å². The molecule has 0 saturated carbocycles. The maximum absolute atomic E-state index is 13.5. The maximum Gasteiger partial charge on any atom is 0.278 e. The highest BCUT2D eigenvalue weighted by Gasteiger charge is 2.33. The summed E-state index contributed by atoms with van der Waals surface area (Å²) in [6.07, 6.45) is 1.90. The molecule has 1 N–H and O–H groups in total. The molecule has 4 rings (SSSR count). The Balaban J connectivity index is 1.71. The zero-order valence-corrected chi connectivity index (χ0v) is 16.1. The van der Waals surface area contributed by atoms with Gasteiger partial charge in [-0.3, -0.25) is 9.59 Å². The Labute approximate surface area is 168 Å². The quantitative estimate of drug-likeness (QED) is 0.743. The standard InChI is InChI=1S/C22H22N4O3/c1-29-19-15-26(17-10-6-3-7-11-17)24-21(19)22(28)25-13-12-23-20(27)14-18(25)16-8-4-2-5-9-16/h2-11,15,18H,12-14H2,1H3,(H,23,27)/t18-/m1/s1. The number of carbonyl (C=O) groups is 2. The van der Waals surface area contributed by atoms with Crippen LogP contribution in [0.2, 0.25) is 0 Å². The zero-order chi connectivity index (χ0) is 20.2. The highest BCUT2D eigenvalue weighted by Crippen LogP contribution is 2.29. The minimum absolute atomic E-state index is 0.0732. The molecule has 0 unspecified atom stereocenters. The van der Waals surface area contributed by atoms with Crippen molar-refractivity contribution in [3.63, 3.8) is 0 Å². The lowest BCUT2D eigenvalue weighted by atomic mass is 10.0. The third-order valence-electron chi connectivity index (χ3n) is 5.00. The van der Waals surface area contributed by atoms with Crippen molar-refractivity contribution >= 4 is 11.8 Å². The van der Waals surface area contributed by atoms with Gasteiger partial charge in [0.05, 0.1) is 31.5 Å². The van der Waals surface area contributed by atoms with Gasteiger partial charge in [0, 0.05) is 13.1 Å². The van der Waals surface area contributed by atoms with Gasteiger partial charge in [0.15, 0.2) is 11.4 Å². The molecule has 2 heterocycles. The van der Waals surface area contributed by atoms with Crippen molar-refractivity contribution in [2.75, 3.05) is 20.2 Å². The van der Waals surface area contributed by atoms with Crippen LogP contribution in [0.1, 0.15) is 28.5 Å². The van der Waals surface area contributed by atoms with Gasteiger partial charge in [-0.15, -0.1) is 0 Å². The van der Waals surface area contributed by atoms with Crippen LogP contribution in [-0.2, 0) is 4.79 Å². The van der Waals surface area contributed by atoms with Crippen molar-refractivity contribution in [2.45, 2.75) is 12.5 Å². The molecule has 1 aliphatic rings. The average Bonchev–Trinajstić information content (AvgIpc) is 3.11. The van der Waals surface area contributed by atoms with Crippen LogP contribution in [-0.4, -0.2) is 46.7 Å². The SMILES string of the molecule is COc1cn(-c2ccccc2)nc1C(=O)N1CCNC(=O)C[C@@H]1c1ccccc1. The van der Waals surface area contributed by atoms with Crippen molar-refractivity contribution in [1.82, 2.24) is 20.0 Å². The number of carbonyl (C=O) groups excluding carboxylic acids is 2. The first kappa shape index (κ1) is 18.7. The highest BCUT2D eigenvalue weighted by molar-refractivity contribution is 5.96. The zero-order valence-electron chi connectivity index (χ0n) is 16.1. The van der Waals surface area contributed by atoms with Crippen molar-refractivity contribution < 1.29 is 14.3 Å². The number of methoxy groups -OCH3 is 1. The number of rotatable bonds is 4.